The molecule has 0 unspecified atom stereocenters. The van der Waals surface area contributed by atoms with Crippen LogP contribution in [-0.4, -0.2) is 94.9 Å². The van der Waals surface area contributed by atoms with Crippen molar-refractivity contribution in [2.45, 2.75) is 122 Å². The van der Waals surface area contributed by atoms with Gasteiger partial charge in [0.15, 0.2) is 0 Å². The lowest BCUT2D eigenvalue weighted by Crippen LogP contribution is -2.79. The number of rotatable bonds is 16. The highest BCUT2D eigenvalue weighted by Gasteiger charge is 2.72. The maximum Gasteiger partial charge on any atom is 0.306 e. The first-order valence-electron chi connectivity index (χ1n) is 17.8. The van der Waals surface area contributed by atoms with Crippen LogP contribution in [0.2, 0.25) is 0 Å². The Bertz CT molecular complexity index is 1310. The monoisotopic (exact) mass is 667 g/mol. The topological polar surface area (TPSA) is 148 Å². The van der Waals surface area contributed by atoms with Crippen molar-refractivity contribution < 1.29 is 29.1 Å². The number of hydrogen-bond donors (Lipinski definition) is 4. The van der Waals surface area contributed by atoms with E-state index in [9.17, 15) is 29.1 Å². The Morgan fingerprint density at radius 2 is 1.65 bits per heavy atom. The first kappa shape index (κ1) is 37.4. The van der Waals surface area contributed by atoms with Crippen molar-refractivity contribution >= 4 is 29.6 Å². The fourth-order valence-electron chi connectivity index (χ4n) is 8.08. The van der Waals surface area contributed by atoms with Gasteiger partial charge in [-0.3, -0.25) is 28.9 Å². The number of nitrogens with zero attached hydrogens (tertiary/aromatic N) is 2. The summed E-state index contributed by atoms with van der Waals surface area (Å²) in [5.41, 5.74) is -0.0522. The first-order valence-corrected chi connectivity index (χ1v) is 17.8. The largest absolute Gasteiger partial charge is 0.481 e. The van der Waals surface area contributed by atoms with Crippen LogP contribution < -0.4 is 16.0 Å². The molecule has 6 atom stereocenters. The van der Waals surface area contributed by atoms with E-state index in [1.165, 1.54) is 4.90 Å². The summed E-state index contributed by atoms with van der Waals surface area (Å²) in [6, 6.07) is 7.63. The zero-order chi connectivity index (χ0) is 35.4. The molecule has 4 N–H and O–H groups in total. The lowest BCUT2D eigenvalue weighted by atomic mass is 9.39. The molecule has 4 amide bonds. The van der Waals surface area contributed by atoms with Gasteiger partial charge in [0, 0.05) is 18.6 Å². The summed E-state index contributed by atoms with van der Waals surface area (Å²) >= 11 is 0. The van der Waals surface area contributed by atoms with E-state index in [1.807, 2.05) is 70.0 Å². The van der Waals surface area contributed by atoms with Crippen LogP contribution in [0.15, 0.2) is 30.3 Å². The van der Waals surface area contributed by atoms with Gasteiger partial charge in [-0.15, -0.1) is 0 Å². The zero-order valence-electron chi connectivity index (χ0n) is 29.9. The molecule has 1 aromatic rings. The second-order valence-corrected chi connectivity index (χ2v) is 15.4. The van der Waals surface area contributed by atoms with Crippen LogP contribution in [-0.2, 0) is 30.4 Å². The highest BCUT2D eigenvalue weighted by atomic mass is 16.4. The molecule has 4 fully saturated rings. The number of hydrogen-bond acceptors (Lipinski definition) is 6. The standard InChI is InChI=1S/C37H57N5O6/c1-8-24(4)29(39-31(43)28-16-12-13-17-41(28)6)33(45)42(7)30(23(2)3)32(44)40-37-20-36(21-37,22-37)35(48)38-27(18-25(5)34(46)47)19-26-14-10-9-11-15-26/h9-11,14-15,23-25,27-30H,8,12-13,16-22H2,1-7H3,(H,38,48)(H,39,43)(H,40,44)(H,46,47)/t24-,25-,27+,28+,29-,30-,36?,37?/m0/s1. The van der Waals surface area contributed by atoms with Gasteiger partial charge in [-0.25, -0.2) is 0 Å². The second-order valence-electron chi connectivity index (χ2n) is 15.4. The van der Waals surface area contributed by atoms with Crippen LogP contribution in [0, 0.1) is 23.2 Å². The lowest BCUT2D eigenvalue weighted by molar-refractivity contribution is -0.185. The average molecular weight is 668 g/mol. The van der Waals surface area contributed by atoms with Gasteiger partial charge in [-0.1, -0.05) is 77.8 Å². The van der Waals surface area contributed by atoms with Crippen LogP contribution >= 0.6 is 0 Å². The van der Waals surface area contributed by atoms with Gasteiger partial charge in [0.2, 0.25) is 23.6 Å². The third-order valence-electron chi connectivity index (χ3n) is 11.1. The molecule has 11 heteroatoms. The van der Waals surface area contributed by atoms with Gasteiger partial charge in [-0.2, -0.15) is 0 Å². The quantitative estimate of drug-likeness (QED) is 0.211. The molecule has 1 aliphatic heterocycles. The number of likely N-dealkylation sites (tertiary alicyclic amines) is 1. The molecule has 266 valence electrons. The molecule has 1 heterocycles. The predicted molar refractivity (Wildman–Crippen MR) is 184 cm³/mol. The van der Waals surface area contributed by atoms with Crippen molar-refractivity contribution in [1.29, 1.82) is 0 Å². The molecule has 0 spiro atoms. The van der Waals surface area contributed by atoms with E-state index in [2.05, 4.69) is 16.0 Å². The van der Waals surface area contributed by atoms with Crippen molar-refractivity contribution in [2.24, 2.45) is 23.2 Å². The summed E-state index contributed by atoms with van der Waals surface area (Å²) in [7, 11) is 3.58. The Morgan fingerprint density at radius 1 is 1.00 bits per heavy atom. The minimum atomic E-state index is -0.896. The van der Waals surface area contributed by atoms with Crippen LogP contribution in [0.4, 0.5) is 0 Å². The Kier molecular flexibility index (Phi) is 12.0. The molecule has 5 rings (SSSR count). The summed E-state index contributed by atoms with van der Waals surface area (Å²) in [5, 5.41) is 18.9. The van der Waals surface area contributed by atoms with Crippen LogP contribution in [0.3, 0.4) is 0 Å². The summed E-state index contributed by atoms with van der Waals surface area (Å²) in [5.74, 6) is -2.58. The smallest absolute Gasteiger partial charge is 0.306 e. The third kappa shape index (κ3) is 8.21. The molecule has 1 aromatic carbocycles. The van der Waals surface area contributed by atoms with Gasteiger partial charge in [-0.05, 0) is 75.9 Å². The molecular formula is C37H57N5O6. The van der Waals surface area contributed by atoms with E-state index in [1.54, 1.807) is 14.0 Å². The molecule has 11 nitrogen and oxygen atoms in total. The van der Waals surface area contributed by atoms with E-state index in [4.69, 9.17) is 0 Å². The number of nitrogens with one attached hydrogen (secondary N) is 3. The van der Waals surface area contributed by atoms with Crippen molar-refractivity contribution in [3.05, 3.63) is 35.9 Å². The number of likely N-dealkylation sites (N-methyl/N-ethyl adjacent to an activating group) is 2. The minimum absolute atomic E-state index is 0.0967. The lowest BCUT2D eigenvalue weighted by Gasteiger charge is -2.69. The Labute approximate surface area is 285 Å². The van der Waals surface area contributed by atoms with Crippen LogP contribution in [0.25, 0.3) is 0 Å². The highest BCUT2D eigenvalue weighted by Crippen LogP contribution is 2.67. The maximum absolute atomic E-state index is 14.0. The van der Waals surface area contributed by atoms with E-state index in [0.29, 0.717) is 38.5 Å². The number of carboxylic acids is 1. The van der Waals surface area contributed by atoms with E-state index < -0.39 is 34.9 Å². The number of carboxylic acid groups (broad SMARTS) is 1. The highest BCUT2D eigenvalue weighted by molar-refractivity contribution is 5.94. The van der Waals surface area contributed by atoms with E-state index in [-0.39, 0.29) is 47.5 Å². The van der Waals surface area contributed by atoms with Crippen LogP contribution in [0.5, 0.6) is 0 Å². The van der Waals surface area contributed by atoms with Gasteiger partial charge in [0.25, 0.3) is 0 Å². The van der Waals surface area contributed by atoms with Crippen LogP contribution in [0.1, 0.15) is 91.5 Å². The summed E-state index contributed by atoms with van der Waals surface area (Å²) < 4.78 is 0. The number of amides is 4. The molecule has 0 radical (unpaired) electrons. The summed E-state index contributed by atoms with van der Waals surface area (Å²) in [6.07, 6.45) is 5.85. The molecule has 3 aliphatic carbocycles. The fraction of sp³-hybridized carbons (Fsp3) is 0.703. The second kappa shape index (κ2) is 15.4. The molecule has 48 heavy (non-hydrogen) atoms. The summed E-state index contributed by atoms with van der Waals surface area (Å²) in [6.45, 7) is 10.2. The Hall–Kier alpha value is -3.47. The SMILES string of the molecule is CC[C@H](C)[C@H](NC(=O)[C@H]1CCCCN1C)C(=O)N(C)[C@H](C(=O)NC12CC(C(=O)N[C@@H](Cc3ccccc3)C[C@H](C)C(=O)O)(C1)C2)C(C)C. The molecular weight excluding hydrogens is 610 g/mol. The molecule has 0 aromatic heterocycles. The number of benzene rings is 1. The number of piperidine rings is 1. The Balaban J connectivity index is 1.37. The van der Waals surface area contributed by atoms with E-state index in [0.717, 1.165) is 31.4 Å². The van der Waals surface area contributed by atoms with Gasteiger partial charge < -0.3 is 26.0 Å². The third-order valence-corrected chi connectivity index (χ3v) is 11.1. The van der Waals surface area contributed by atoms with Gasteiger partial charge in [0.05, 0.1) is 17.4 Å². The van der Waals surface area contributed by atoms with Gasteiger partial charge >= 0.3 is 5.97 Å². The molecule has 3 saturated carbocycles. The fourth-order valence-corrected chi connectivity index (χ4v) is 8.08. The number of carbonyl (C=O) groups excluding carboxylic acids is 4. The predicted octanol–water partition coefficient (Wildman–Crippen LogP) is 3.36. The normalized spacial score (nSPS) is 26.5. The molecule has 4 aliphatic rings. The average Bonchev–Trinajstić information content (AvgIpc) is 3.00. The van der Waals surface area contributed by atoms with Crippen molar-refractivity contribution in [3.8, 4) is 0 Å². The summed E-state index contributed by atoms with van der Waals surface area (Å²) in [4.78, 5) is 69.8. The van der Waals surface area contributed by atoms with Gasteiger partial charge in [0.1, 0.15) is 12.1 Å². The van der Waals surface area contributed by atoms with Crippen molar-refractivity contribution in [3.63, 3.8) is 0 Å². The van der Waals surface area contributed by atoms with Crippen molar-refractivity contribution in [2.75, 3.05) is 20.6 Å². The number of aliphatic carboxylic acids is 1. The Morgan fingerprint density at radius 3 is 2.21 bits per heavy atom. The van der Waals surface area contributed by atoms with E-state index >= 15 is 0 Å². The zero-order valence-corrected chi connectivity index (χ0v) is 29.9. The molecule has 2 bridgehead atoms. The van der Waals surface area contributed by atoms with Crippen molar-refractivity contribution in [1.82, 2.24) is 25.8 Å². The number of carbonyl (C=O) groups is 5. The maximum atomic E-state index is 14.0. The molecule has 1 saturated heterocycles. The first-order chi connectivity index (χ1) is 22.6. The minimum Gasteiger partial charge on any atom is -0.481 e.